The van der Waals surface area contributed by atoms with Crippen molar-refractivity contribution in [3.05, 3.63) is 54.1 Å². The number of thiol groups is 2. The Morgan fingerprint density at radius 3 is 1.76 bits per heavy atom. The molecule has 0 radical (unpaired) electrons. The number of rotatable bonds is 12. The van der Waals surface area contributed by atoms with Crippen molar-refractivity contribution in [3.63, 3.8) is 0 Å². The van der Waals surface area contributed by atoms with Gasteiger partial charge in [0.2, 0.25) is 0 Å². The van der Waals surface area contributed by atoms with Gasteiger partial charge >= 0.3 is 12.2 Å². The summed E-state index contributed by atoms with van der Waals surface area (Å²) in [5.41, 5.74) is 4.11. The van der Waals surface area contributed by atoms with Crippen molar-refractivity contribution in [1.82, 2.24) is 16.3 Å². The highest BCUT2D eigenvalue weighted by molar-refractivity contribution is 7.75. The number of aliphatic hydroxyl groups excluding tert-OH is 2. The van der Waals surface area contributed by atoms with E-state index in [1.165, 1.54) is 36.4 Å². The maximum absolute atomic E-state index is 11.5. The maximum atomic E-state index is 11.5. The molecule has 0 aliphatic heterocycles. The minimum absolute atomic E-state index is 0.0667. The van der Waals surface area contributed by atoms with Crippen LogP contribution in [0.15, 0.2) is 48.5 Å². The van der Waals surface area contributed by atoms with Crippen molar-refractivity contribution in [1.29, 1.82) is 2.25 Å². The second-order valence-electron chi connectivity index (χ2n) is 5.70. The van der Waals surface area contributed by atoms with Gasteiger partial charge in [-0.05, 0) is 48.5 Å². The van der Waals surface area contributed by atoms with Crippen molar-refractivity contribution < 1.29 is 47.4 Å². The van der Waals surface area contributed by atoms with Crippen LogP contribution in [0, 0.1) is 0 Å². The highest BCUT2D eigenvalue weighted by Gasteiger charge is 2.07. The fourth-order valence-electron chi connectivity index (χ4n) is 2.04. The molecular weight excluding hydrogens is 494 g/mol. The van der Waals surface area contributed by atoms with Crippen LogP contribution in [-0.2, 0) is 8.57 Å². The van der Waals surface area contributed by atoms with E-state index in [2.05, 4.69) is 13.9 Å². The Morgan fingerprint density at radius 1 is 0.794 bits per heavy atom. The number of hydroxylamine groups is 2. The van der Waals surface area contributed by atoms with Gasteiger partial charge in [0.15, 0.2) is 0 Å². The van der Waals surface area contributed by atoms with Crippen molar-refractivity contribution in [2.24, 2.45) is 0 Å². The van der Waals surface area contributed by atoms with E-state index in [1.807, 2.05) is 11.0 Å². The SMILES string of the molecule is [3H]SONC(=O)Oc1ccc(C(=O)NCCO)cc1.[3H]SONC(=O)Oc1ccc(OCCO)cc1. The van der Waals surface area contributed by atoms with Gasteiger partial charge < -0.3 is 29.7 Å². The van der Waals surface area contributed by atoms with Crippen LogP contribution in [0.4, 0.5) is 9.59 Å². The number of benzene rings is 2. The summed E-state index contributed by atoms with van der Waals surface area (Å²) in [6.45, 7) is 0.167. The van der Waals surface area contributed by atoms with E-state index in [4.69, 9.17) is 26.7 Å². The van der Waals surface area contributed by atoms with E-state index in [0.29, 0.717) is 17.1 Å². The van der Waals surface area contributed by atoms with Gasteiger partial charge in [0.05, 0.1) is 13.2 Å². The fraction of sp³-hybridized carbons (Fsp3) is 0.211. The molecule has 2 rings (SSSR count). The first kappa shape index (κ1) is 25.4. The van der Waals surface area contributed by atoms with Crippen molar-refractivity contribution in [2.75, 3.05) is 26.4 Å². The molecule has 0 aliphatic rings. The molecule has 3 amide bonds. The van der Waals surface area contributed by atoms with Crippen molar-refractivity contribution in [3.8, 4) is 17.2 Å². The lowest BCUT2D eigenvalue weighted by molar-refractivity contribution is 0.0944. The zero-order chi connectivity index (χ0) is 26.6. The number of aliphatic hydroxyl groups is 2. The van der Waals surface area contributed by atoms with Crippen LogP contribution in [0.5, 0.6) is 17.2 Å². The third kappa shape index (κ3) is 12.1. The monoisotopic (exact) mass is 521 g/mol. The molecule has 0 fully saturated rings. The summed E-state index contributed by atoms with van der Waals surface area (Å²) in [5, 5.41) is 19.6. The van der Waals surface area contributed by atoms with Gasteiger partial charge in [-0.25, -0.2) is 18.2 Å². The number of hydrogen-bond acceptors (Lipinski definition) is 12. The Bertz CT molecular complexity index is 927. The van der Waals surface area contributed by atoms with E-state index in [1.54, 1.807) is 12.1 Å². The first-order chi connectivity index (χ1) is 17.4. The highest BCUT2D eigenvalue weighted by atomic mass is 32.1. The summed E-state index contributed by atoms with van der Waals surface area (Å²) in [6, 6.07) is 12.0. The number of nitrogens with one attached hydrogen (secondary N) is 3. The van der Waals surface area contributed by atoms with Gasteiger partial charge in [-0.15, -0.1) is 0 Å². The Hall–Kier alpha value is -3.21. The Morgan fingerprint density at radius 2 is 1.29 bits per heavy atom. The Labute approximate surface area is 207 Å². The third-order valence-corrected chi connectivity index (χ3v) is 3.54. The third-order valence-electron chi connectivity index (χ3n) is 3.37. The molecule has 0 aromatic heterocycles. The Balaban J connectivity index is 0.000000362. The average Bonchev–Trinajstić information content (AvgIpc) is 2.89. The molecule has 0 saturated carbocycles. The summed E-state index contributed by atoms with van der Waals surface area (Å²) in [7, 11) is 0. The molecule has 0 bridgehead atoms. The molecule has 2 aromatic rings. The molecule has 13 nitrogen and oxygen atoms in total. The molecule has 15 heteroatoms. The Kier molecular flexibility index (Phi) is 12.9. The standard InChI is InChI=1S/C10H12N2O5S.C9H11NO5S/c13-6-5-11-9(14)7-1-3-8(4-2-7)16-10(15)12-17-18;11-5-6-13-7-1-3-8(4-2-7)14-9(12)10-15-16/h1-4,13,18H,5-6H2,(H,11,14)(H,12,15);1-4,11,16H,5-6H2,(H,10,12)/i/hT2. The topological polar surface area (TPSA) is 174 Å². The maximum Gasteiger partial charge on any atom is 0.437 e. The van der Waals surface area contributed by atoms with E-state index < -0.39 is 12.2 Å². The second kappa shape index (κ2) is 17.3. The van der Waals surface area contributed by atoms with Gasteiger partial charge in [0.1, 0.15) is 26.1 Å². The number of carbonyl (C=O) groups excluding carboxylic acids is 3. The molecule has 2 aromatic carbocycles. The van der Waals surface area contributed by atoms with Crippen molar-refractivity contribution >= 4 is 43.7 Å². The molecule has 186 valence electrons. The molecular formula is C19H23N3O10S2. The van der Waals surface area contributed by atoms with Crippen LogP contribution < -0.4 is 30.5 Å². The van der Waals surface area contributed by atoms with Gasteiger partial charge in [0, 0.05) is 37.7 Å². The van der Waals surface area contributed by atoms with Crippen LogP contribution in [-0.4, -0.2) is 56.9 Å². The minimum Gasteiger partial charge on any atom is -0.491 e. The zero-order valence-electron chi connectivity index (χ0n) is 19.4. The van der Waals surface area contributed by atoms with E-state index in [-0.39, 0.29) is 63.6 Å². The summed E-state index contributed by atoms with van der Waals surface area (Å²) in [5.74, 6) is 0.746. The lowest BCUT2D eigenvalue weighted by atomic mass is 10.2. The number of ether oxygens (including phenoxy) is 3. The summed E-state index contributed by atoms with van der Waals surface area (Å²) >= 11 is 0.466. The molecule has 0 saturated heterocycles. The van der Waals surface area contributed by atoms with E-state index in [0.717, 1.165) is 0 Å². The molecule has 0 unspecified atom stereocenters. The van der Waals surface area contributed by atoms with E-state index in [9.17, 15) is 14.4 Å². The van der Waals surface area contributed by atoms with E-state index >= 15 is 0 Å². The second-order valence-corrected chi connectivity index (χ2v) is 6.03. The van der Waals surface area contributed by atoms with Crippen LogP contribution in [0.25, 0.3) is 0 Å². The minimum atomic E-state index is -0.878. The zero-order valence-corrected chi connectivity index (χ0v) is 19.1. The lowest BCUT2D eigenvalue weighted by Crippen LogP contribution is -2.26. The predicted molar refractivity (Wildman–Crippen MR) is 123 cm³/mol. The van der Waals surface area contributed by atoms with Gasteiger partial charge in [-0.3, -0.25) is 4.79 Å². The van der Waals surface area contributed by atoms with Crippen LogP contribution in [0.2, 0.25) is 0 Å². The van der Waals surface area contributed by atoms with Crippen molar-refractivity contribution in [2.45, 2.75) is 0 Å². The average molecular weight is 522 g/mol. The van der Waals surface area contributed by atoms with Crippen LogP contribution in [0.1, 0.15) is 10.4 Å². The fourth-order valence-corrected chi connectivity index (χ4v) is 2.17. The molecule has 5 N–H and O–H groups in total. The first-order valence-corrected chi connectivity index (χ1v) is 9.96. The smallest absolute Gasteiger partial charge is 0.437 e. The number of amides is 3. The highest BCUT2D eigenvalue weighted by Crippen LogP contribution is 2.17. The molecule has 0 aliphatic carbocycles. The lowest BCUT2D eigenvalue weighted by Gasteiger charge is -2.06. The molecule has 0 spiro atoms. The van der Waals surface area contributed by atoms with Gasteiger partial charge in [-0.1, -0.05) is 0 Å². The number of hydrogen-bond donors (Lipinski definition) is 7. The van der Waals surface area contributed by atoms with Gasteiger partial charge in [-0.2, -0.15) is 11.0 Å². The van der Waals surface area contributed by atoms with Crippen LogP contribution in [0.3, 0.4) is 0 Å². The normalized spacial score (nSPS) is 10.4. The molecule has 0 heterocycles. The molecule has 34 heavy (non-hydrogen) atoms. The van der Waals surface area contributed by atoms with Gasteiger partial charge in [0.25, 0.3) is 5.91 Å². The summed E-state index contributed by atoms with van der Waals surface area (Å²) in [6.07, 6.45) is -1.70. The summed E-state index contributed by atoms with van der Waals surface area (Å²) < 4.78 is 36.3. The quantitative estimate of drug-likeness (QED) is 0.122. The largest absolute Gasteiger partial charge is 0.491 e. The van der Waals surface area contributed by atoms with Crippen LogP contribution >= 0.6 is 25.6 Å². The molecule has 0 atom stereocenters. The first-order valence-electron chi connectivity index (χ1n) is 10.1. The summed E-state index contributed by atoms with van der Waals surface area (Å²) in [4.78, 5) is 33.6. The predicted octanol–water partition coefficient (Wildman–Crippen LogP) is 1.20. The number of carbonyl (C=O) groups is 3.